The highest BCUT2D eigenvalue weighted by Gasteiger charge is 2.52. The smallest absolute Gasteiger partial charge is 0.0121 e. The zero-order chi connectivity index (χ0) is 10.2. The Balaban J connectivity index is 2.43. The van der Waals surface area contributed by atoms with Crippen LogP contribution in [-0.4, -0.2) is 6.04 Å². The molecule has 4 unspecified atom stereocenters. The molecule has 78 valence electrons. The van der Waals surface area contributed by atoms with Gasteiger partial charge < -0.3 is 5.73 Å². The first-order chi connectivity index (χ1) is 5.88. The van der Waals surface area contributed by atoms with Gasteiger partial charge in [-0.3, -0.25) is 0 Å². The summed E-state index contributed by atoms with van der Waals surface area (Å²) in [5.74, 6) is 2.30. The normalized spacial score (nSPS) is 37.6. The van der Waals surface area contributed by atoms with E-state index in [0.717, 1.165) is 11.8 Å². The van der Waals surface area contributed by atoms with Crippen LogP contribution in [-0.2, 0) is 0 Å². The minimum absolute atomic E-state index is 0.407. The number of hydrogen-bond donors (Lipinski definition) is 1. The Bertz CT molecular complexity index is 176. The van der Waals surface area contributed by atoms with E-state index in [1.165, 1.54) is 12.8 Å². The van der Waals surface area contributed by atoms with Gasteiger partial charge in [0.15, 0.2) is 0 Å². The van der Waals surface area contributed by atoms with E-state index in [4.69, 9.17) is 5.73 Å². The molecule has 0 aliphatic heterocycles. The first-order valence-corrected chi connectivity index (χ1v) is 5.63. The zero-order valence-electron chi connectivity index (χ0n) is 9.80. The van der Waals surface area contributed by atoms with Crippen molar-refractivity contribution in [2.45, 2.75) is 53.5 Å². The third-order valence-corrected chi connectivity index (χ3v) is 3.93. The first-order valence-electron chi connectivity index (χ1n) is 5.63. The molecule has 0 aromatic carbocycles. The molecule has 4 atom stereocenters. The zero-order valence-corrected chi connectivity index (χ0v) is 9.80. The van der Waals surface area contributed by atoms with Crippen molar-refractivity contribution in [3.8, 4) is 0 Å². The van der Waals surface area contributed by atoms with E-state index in [2.05, 4.69) is 34.6 Å². The Labute approximate surface area is 83.1 Å². The predicted molar refractivity (Wildman–Crippen MR) is 58.5 cm³/mol. The molecular formula is C12H25N. The summed E-state index contributed by atoms with van der Waals surface area (Å²) >= 11 is 0. The van der Waals surface area contributed by atoms with Crippen LogP contribution in [0.3, 0.4) is 0 Å². The maximum absolute atomic E-state index is 6.30. The van der Waals surface area contributed by atoms with E-state index in [1.54, 1.807) is 0 Å². The number of hydrogen-bond acceptors (Lipinski definition) is 1. The van der Waals surface area contributed by atoms with E-state index < -0.39 is 0 Å². The van der Waals surface area contributed by atoms with Crippen molar-refractivity contribution in [2.24, 2.45) is 28.9 Å². The third-order valence-electron chi connectivity index (χ3n) is 3.93. The number of rotatable bonds is 4. The Kier molecular flexibility index (Phi) is 3.06. The minimum Gasteiger partial charge on any atom is -0.327 e. The molecule has 0 saturated heterocycles. The lowest BCUT2D eigenvalue weighted by Crippen LogP contribution is -2.37. The second kappa shape index (κ2) is 3.61. The van der Waals surface area contributed by atoms with E-state index in [1.807, 2.05) is 0 Å². The Morgan fingerprint density at radius 3 is 2.15 bits per heavy atom. The molecule has 1 saturated carbocycles. The fraction of sp³-hybridized carbons (Fsp3) is 1.00. The summed E-state index contributed by atoms with van der Waals surface area (Å²) < 4.78 is 0. The van der Waals surface area contributed by atoms with Gasteiger partial charge in [-0.05, 0) is 36.0 Å². The van der Waals surface area contributed by atoms with Crippen LogP contribution >= 0.6 is 0 Å². The fourth-order valence-electron chi connectivity index (χ4n) is 2.61. The van der Waals surface area contributed by atoms with Crippen LogP contribution in [0.1, 0.15) is 47.5 Å². The van der Waals surface area contributed by atoms with Gasteiger partial charge in [-0.2, -0.15) is 0 Å². The summed E-state index contributed by atoms with van der Waals surface area (Å²) in [6.07, 6.45) is 2.60. The molecule has 1 heteroatoms. The van der Waals surface area contributed by atoms with E-state index >= 15 is 0 Å². The van der Waals surface area contributed by atoms with Crippen LogP contribution in [0.2, 0.25) is 0 Å². The minimum atomic E-state index is 0.407. The van der Waals surface area contributed by atoms with Gasteiger partial charge in [0.1, 0.15) is 0 Å². The molecule has 1 rings (SSSR count). The summed E-state index contributed by atoms with van der Waals surface area (Å²) in [6, 6.07) is 0.407. The maximum atomic E-state index is 6.30. The molecule has 0 bridgehead atoms. The van der Waals surface area contributed by atoms with Crippen molar-refractivity contribution in [1.29, 1.82) is 0 Å². The third kappa shape index (κ3) is 2.25. The van der Waals surface area contributed by atoms with Gasteiger partial charge >= 0.3 is 0 Å². The van der Waals surface area contributed by atoms with Gasteiger partial charge in [0.2, 0.25) is 0 Å². The first kappa shape index (κ1) is 11.0. The molecule has 1 aliphatic carbocycles. The van der Waals surface area contributed by atoms with Gasteiger partial charge in [-0.25, -0.2) is 0 Å². The lowest BCUT2D eigenvalue weighted by molar-refractivity contribution is 0.273. The van der Waals surface area contributed by atoms with Crippen LogP contribution < -0.4 is 5.73 Å². The highest BCUT2D eigenvalue weighted by Crippen LogP contribution is 2.55. The Morgan fingerprint density at radius 1 is 1.38 bits per heavy atom. The molecule has 0 aromatic rings. The molecule has 13 heavy (non-hydrogen) atoms. The van der Waals surface area contributed by atoms with Crippen molar-refractivity contribution in [1.82, 2.24) is 0 Å². The van der Waals surface area contributed by atoms with Crippen LogP contribution in [0.25, 0.3) is 0 Å². The average Bonchev–Trinajstić information content (AvgIpc) is 2.58. The molecular weight excluding hydrogens is 158 g/mol. The molecule has 0 aromatic heterocycles. The summed E-state index contributed by atoms with van der Waals surface area (Å²) in [7, 11) is 0. The second-order valence-electron chi connectivity index (χ2n) is 5.74. The molecule has 0 spiro atoms. The van der Waals surface area contributed by atoms with Gasteiger partial charge in [0.25, 0.3) is 0 Å². The average molecular weight is 183 g/mol. The molecule has 2 N–H and O–H groups in total. The molecule has 0 heterocycles. The summed E-state index contributed by atoms with van der Waals surface area (Å²) in [5, 5.41) is 0. The monoisotopic (exact) mass is 183 g/mol. The second-order valence-corrected chi connectivity index (χ2v) is 5.74. The molecule has 1 aliphatic rings. The van der Waals surface area contributed by atoms with Crippen molar-refractivity contribution in [3.63, 3.8) is 0 Å². The highest BCUT2D eigenvalue weighted by molar-refractivity contribution is 5.04. The molecule has 1 fully saturated rings. The fourth-order valence-corrected chi connectivity index (χ4v) is 2.61. The topological polar surface area (TPSA) is 26.0 Å². The standard InChI is InChI=1S/C12H25N/c1-8(2)6-9(3)11(13)12(5)7-10(12)4/h8-11H,6-7,13H2,1-5H3. The summed E-state index contributed by atoms with van der Waals surface area (Å²) in [6.45, 7) is 11.5. The summed E-state index contributed by atoms with van der Waals surface area (Å²) in [5.41, 5.74) is 6.75. The van der Waals surface area contributed by atoms with Gasteiger partial charge in [-0.15, -0.1) is 0 Å². The van der Waals surface area contributed by atoms with Gasteiger partial charge in [0, 0.05) is 6.04 Å². The van der Waals surface area contributed by atoms with Crippen molar-refractivity contribution >= 4 is 0 Å². The van der Waals surface area contributed by atoms with Crippen molar-refractivity contribution in [2.75, 3.05) is 0 Å². The van der Waals surface area contributed by atoms with Gasteiger partial charge in [0.05, 0.1) is 0 Å². The summed E-state index contributed by atoms with van der Waals surface area (Å²) in [4.78, 5) is 0. The highest BCUT2D eigenvalue weighted by atomic mass is 14.8. The Hall–Kier alpha value is -0.0400. The largest absolute Gasteiger partial charge is 0.327 e. The van der Waals surface area contributed by atoms with Gasteiger partial charge in [-0.1, -0.05) is 34.6 Å². The molecule has 0 radical (unpaired) electrons. The van der Waals surface area contributed by atoms with E-state index in [-0.39, 0.29) is 0 Å². The van der Waals surface area contributed by atoms with Crippen LogP contribution in [0, 0.1) is 23.2 Å². The lowest BCUT2D eigenvalue weighted by atomic mass is 9.83. The number of nitrogens with two attached hydrogens (primary N) is 1. The quantitative estimate of drug-likeness (QED) is 0.712. The maximum Gasteiger partial charge on any atom is 0.0121 e. The van der Waals surface area contributed by atoms with E-state index in [9.17, 15) is 0 Å². The van der Waals surface area contributed by atoms with Crippen LogP contribution in [0.4, 0.5) is 0 Å². The SMILES string of the molecule is CC(C)CC(C)C(N)C1(C)CC1C. The van der Waals surface area contributed by atoms with Crippen molar-refractivity contribution in [3.05, 3.63) is 0 Å². The molecule has 1 nitrogen and oxygen atoms in total. The predicted octanol–water partition coefficient (Wildman–Crippen LogP) is 3.04. The lowest BCUT2D eigenvalue weighted by Gasteiger charge is -2.27. The Morgan fingerprint density at radius 2 is 1.85 bits per heavy atom. The van der Waals surface area contributed by atoms with Crippen LogP contribution in [0.5, 0.6) is 0 Å². The molecule has 0 amide bonds. The van der Waals surface area contributed by atoms with E-state index in [0.29, 0.717) is 17.4 Å². The van der Waals surface area contributed by atoms with Crippen molar-refractivity contribution < 1.29 is 0 Å². The van der Waals surface area contributed by atoms with Crippen LogP contribution in [0.15, 0.2) is 0 Å².